The van der Waals surface area contributed by atoms with E-state index in [1.807, 2.05) is 4.90 Å². The summed E-state index contributed by atoms with van der Waals surface area (Å²) in [6.07, 6.45) is 6.63. The van der Waals surface area contributed by atoms with Crippen molar-refractivity contribution in [3.63, 3.8) is 0 Å². The lowest BCUT2D eigenvalue weighted by Crippen LogP contribution is -2.34. The summed E-state index contributed by atoms with van der Waals surface area (Å²) in [7, 11) is 0. The molecule has 0 bridgehead atoms. The van der Waals surface area contributed by atoms with Gasteiger partial charge in [-0.1, -0.05) is 0 Å². The van der Waals surface area contributed by atoms with E-state index in [0.717, 1.165) is 26.1 Å². The molecule has 0 atom stereocenters. The van der Waals surface area contributed by atoms with Gasteiger partial charge in [0, 0.05) is 24.9 Å². The van der Waals surface area contributed by atoms with E-state index in [4.69, 9.17) is 11.5 Å². The van der Waals surface area contributed by atoms with Gasteiger partial charge in [0.1, 0.15) is 0 Å². The quantitative estimate of drug-likeness (QED) is 0.629. The standard InChI is InChI=1S/C14H22N4O2/c15-13(19)11-7-12(14(16)20)9-18(8-11)6-3-10-1-4-17-5-2-10/h7-8,10,17H,1-6,9H2,(H2,15,19)(H2,16,20). The number of carbonyl (C=O) groups excluding carboxylic acids is 2. The molecule has 5 N–H and O–H groups in total. The molecule has 2 rings (SSSR count). The molecule has 0 aliphatic carbocycles. The molecule has 0 unspecified atom stereocenters. The van der Waals surface area contributed by atoms with Gasteiger partial charge in [0.15, 0.2) is 0 Å². The molecule has 0 spiro atoms. The third-order valence-electron chi connectivity index (χ3n) is 3.91. The van der Waals surface area contributed by atoms with Crippen LogP contribution in [0.15, 0.2) is 23.4 Å². The van der Waals surface area contributed by atoms with E-state index < -0.39 is 11.8 Å². The van der Waals surface area contributed by atoms with Gasteiger partial charge in [-0.05, 0) is 44.3 Å². The average Bonchev–Trinajstić information content (AvgIpc) is 2.45. The molecular weight excluding hydrogens is 256 g/mol. The Hall–Kier alpha value is -1.82. The van der Waals surface area contributed by atoms with Gasteiger partial charge in [0.25, 0.3) is 0 Å². The Morgan fingerprint density at radius 2 is 1.95 bits per heavy atom. The van der Waals surface area contributed by atoms with Gasteiger partial charge >= 0.3 is 0 Å². The van der Waals surface area contributed by atoms with E-state index in [1.165, 1.54) is 18.9 Å². The third kappa shape index (κ3) is 3.84. The molecule has 2 aliphatic rings. The Balaban J connectivity index is 1.95. The van der Waals surface area contributed by atoms with Crippen LogP contribution in [0.1, 0.15) is 19.3 Å². The highest BCUT2D eigenvalue weighted by Crippen LogP contribution is 2.19. The van der Waals surface area contributed by atoms with Crippen molar-refractivity contribution in [1.29, 1.82) is 0 Å². The molecule has 2 heterocycles. The van der Waals surface area contributed by atoms with Crippen molar-refractivity contribution >= 4 is 11.8 Å². The fraction of sp³-hybridized carbons (Fsp3) is 0.571. The smallest absolute Gasteiger partial charge is 0.250 e. The first-order chi connectivity index (χ1) is 9.56. The normalized spacial score (nSPS) is 20.3. The minimum Gasteiger partial charge on any atom is -0.372 e. The van der Waals surface area contributed by atoms with Crippen LogP contribution in [0.3, 0.4) is 0 Å². The third-order valence-corrected chi connectivity index (χ3v) is 3.91. The van der Waals surface area contributed by atoms with E-state index in [1.54, 1.807) is 6.20 Å². The van der Waals surface area contributed by atoms with Crippen molar-refractivity contribution in [3.8, 4) is 0 Å². The number of carbonyl (C=O) groups is 2. The summed E-state index contributed by atoms with van der Waals surface area (Å²) < 4.78 is 0. The maximum atomic E-state index is 11.3. The van der Waals surface area contributed by atoms with Crippen LogP contribution in [0.2, 0.25) is 0 Å². The van der Waals surface area contributed by atoms with E-state index in [-0.39, 0.29) is 0 Å². The highest BCUT2D eigenvalue weighted by molar-refractivity contribution is 6.00. The molecule has 0 aromatic carbocycles. The second-order valence-corrected chi connectivity index (χ2v) is 5.44. The highest BCUT2D eigenvalue weighted by atomic mass is 16.1. The average molecular weight is 278 g/mol. The minimum atomic E-state index is -0.532. The van der Waals surface area contributed by atoms with Crippen LogP contribution in [0, 0.1) is 5.92 Å². The lowest BCUT2D eigenvalue weighted by Gasteiger charge is -2.29. The number of hydrogen-bond acceptors (Lipinski definition) is 4. The summed E-state index contributed by atoms with van der Waals surface area (Å²) in [6.45, 7) is 3.40. The lowest BCUT2D eigenvalue weighted by molar-refractivity contribution is -0.114. The first-order valence-corrected chi connectivity index (χ1v) is 7.03. The molecule has 20 heavy (non-hydrogen) atoms. The van der Waals surface area contributed by atoms with Crippen LogP contribution < -0.4 is 16.8 Å². The Morgan fingerprint density at radius 3 is 2.55 bits per heavy atom. The molecule has 0 radical (unpaired) electrons. The Morgan fingerprint density at radius 1 is 1.25 bits per heavy atom. The Kier molecular flexibility index (Phi) is 4.79. The minimum absolute atomic E-state index is 0.343. The summed E-state index contributed by atoms with van der Waals surface area (Å²) in [4.78, 5) is 24.6. The molecule has 0 aromatic rings. The zero-order valence-corrected chi connectivity index (χ0v) is 11.6. The van der Waals surface area contributed by atoms with Crippen LogP contribution in [-0.2, 0) is 9.59 Å². The SMILES string of the molecule is NC(=O)C1=CN(CCC2CCNCC2)CC(C(N)=O)=C1. The predicted octanol–water partition coefficient (Wildman–Crippen LogP) is -0.527. The molecule has 0 aromatic heterocycles. The predicted molar refractivity (Wildman–Crippen MR) is 76.3 cm³/mol. The van der Waals surface area contributed by atoms with Crippen molar-refractivity contribution in [2.75, 3.05) is 26.2 Å². The van der Waals surface area contributed by atoms with E-state index in [0.29, 0.717) is 23.6 Å². The Bertz CT molecular complexity index is 450. The molecule has 1 fully saturated rings. The van der Waals surface area contributed by atoms with Crippen molar-refractivity contribution in [1.82, 2.24) is 10.2 Å². The number of amides is 2. The molecule has 2 amide bonds. The summed E-state index contributed by atoms with van der Waals surface area (Å²) in [5.41, 5.74) is 11.4. The number of piperidine rings is 1. The van der Waals surface area contributed by atoms with Crippen molar-refractivity contribution in [3.05, 3.63) is 23.4 Å². The molecule has 6 heteroatoms. The number of rotatable bonds is 5. The zero-order valence-electron chi connectivity index (χ0n) is 11.6. The molecule has 6 nitrogen and oxygen atoms in total. The maximum Gasteiger partial charge on any atom is 0.250 e. The van der Waals surface area contributed by atoms with Crippen LogP contribution in [-0.4, -0.2) is 42.9 Å². The number of nitrogens with two attached hydrogens (primary N) is 2. The van der Waals surface area contributed by atoms with Crippen LogP contribution >= 0.6 is 0 Å². The fourth-order valence-corrected chi connectivity index (χ4v) is 2.68. The number of primary amides is 2. The Labute approximate surface area is 118 Å². The number of hydrogen-bond donors (Lipinski definition) is 3. The van der Waals surface area contributed by atoms with Gasteiger partial charge in [0.2, 0.25) is 11.8 Å². The van der Waals surface area contributed by atoms with Crippen LogP contribution in [0.5, 0.6) is 0 Å². The van der Waals surface area contributed by atoms with Gasteiger partial charge in [-0.3, -0.25) is 9.59 Å². The zero-order chi connectivity index (χ0) is 14.5. The van der Waals surface area contributed by atoms with Gasteiger partial charge in [-0.25, -0.2) is 0 Å². The molecule has 0 saturated carbocycles. The molecular formula is C14H22N4O2. The van der Waals surface area contributed by atoms with E-state index >= 15 is 0 Å². The second kappa shape index (κ2) is 6.56. The van der Waals surface area contributed by atoms with Gasteiger partial charge < -0.3 is 21.7 Å². The van der Waals surface area contributed by atoms with Gasteiger partial charge in [0.05, 0.1) is 5.57 Å². The summed E-state index contributed by atoms with van der Waals surface area (Å²) in [5, 5.41) is 3.34. The van der Waals surface area contributed by atoms with Crippen molar-refractivity contribution < 1.29 is 9.59 Å². The monoisotopic (exact) mass is 278 g/mol. The van der Waals surface area contributed by atoms with E-state index in [2.05, 4.69) is 5.32 Å². The second-order valence-electron chi connectivity index (χ2n) is 5.44. The lowest BCUT2D eigenvalue weighted by atomic mass is 9.94. The molecule has 110 valence electrons. The fourth-order valence-electron chi connectivity index (χ4n) is 2.68. The summed E-state index contributed by atoms with van der Waals surface area (Å²) in [6, 6.07) is 0. The largest absolute Gasteiger partial charge is 0.372 e. The first-order valence-electron chi connectivity index (χ1n) is 7.03. The number of nitrogens with one attached hydrogen (secondary N) is 1. The molecule has 1 saturated heterocycles. The van der Waals surface area contributed by atoms with Crippen LogP contribution in [0.4, 0.5) is 0 Å². The number of nitrogens with zero attached hydrogens (tertiary/aromatic N) is 1. The molecule has 2 aliphatic heterocycles. The van der Waals surface area contributed by atoms with Crippen LogP contribution in [0.25, 0.3) is 0 Å². The van der Waals surface area contributed by atoms with Crippen molar-refractivity contribution in [2.45, 2.75) is 19.3 Å². The summed E-state index contributed by atoms with van der Waals surface area (Å²) in [5.74, 6) is -0.330. The van der Waals surface area contributed by atoms with E-state index in [9.17, 15) is 9.59 Å². The van der Waals surface area contributed by atoms with Crippen molar-refractivity contribution in [2.24, 2.45) is 17.4 Å². The maximum absolute atomic E-state index is 11.3. The van der Waals surface area contributed by atoms with Gasteiger partial charge in [-0.2, -0.15) is 0 Å². The van der Waals surface area contributed by atoms with Gasteiger partial charge in [-0.15, -0.1) is 0 Å². The highest BCUT2D eigenvalue weighted by Gasteiger charge is 2.20. The first kappa shape index (κ1) is 14.6. The topological polar surface area (TPSA) is 101 Å². The summed E-state index contributed by atoms with van der Waals surface area (Å²) >= 11 is 0.